The van der Waals surface area contributed by atoms with Crippen LogP contribution in [-0.4, -0.2) is 19.8 Å². The highest BCUT2D eigenvalue weighted by atomic mass is 16.5. The molecule has 3 nitrogen and oxygen atoms in total. The first-order valence-corrected chi connectivity index (χ1v) is 7.77. The Labute approximate surface area is 123 Å². The first-order chi connectivity index (χ1) is 9.63. The van der Waals surface area contributed by atoms with Crippen molar-refractivity contribution in [1.82, 2.24) is 5.32 Å². The van der Waals surface area contributed by atoms with Gasteiger partial charge in [-0.2, -0.15) is 0 Å². The third-order valence-electron chi connectivity index (χ3n) is 3.42. The van der Waals surface area contributed by atoms with Crippen LogP contribution in [0.1, 0.15) is 57.7 Å². The van der Waals surface area contributed by atoms with Gasteiger partial charge in [-0.15, -0.1) is 0 Å². The Morgan fingerprint density at radius 3 is 2.05 bits per heavy atom. The van der Waals surface area contributed by atoms with Crippen LogP contribution in [-0.2, 0) is 0 Å². The van der Waals surface area contributed by atoms with Gasteiger partial charge in [0.1, 0.15) is 11.5 Å². The SMILES string of the molecule is CCCCNC(C)c1cc(OCC)c(C)c(OCC)c1. The van der Waals surface area contributed by atoms with E-state index in [1.807, 2.05) is 13.8 Å². The minimum absolute atomic E-state index is 0.306. The van der Waals surface area contributed by atoms with Gasteiger partial charge in [0, 0.05) is 11.6 Å². The van der Waals surface area contributed by atoms with Crippen molar-refractivity contribution in [3.05, 3.63) is 23.3 Å². The van der Waals surface area contributed by atoms with Crippen LogP contribution in [0.4, 0.5) is 0 Å². The Morgan fingerprint density at radius 1 is 1.05 bits per heavy atom. The van der Waals surface area contributed by atoms with E-state index in [4.69, 9.17) is 9.47 Å². The molecule has 20 heavy (non-hydrogen) atoms. The first kappa shape index (κ1) is 16.8. The van der Waals surface area contributed by atoms with Crippen LogP contribution in [0, 0.1) is 6.92 Å². The molecule has 1 aromatic carbocycles. The van der Waals surface area contributed by atoms with E-state index in [-0.39, 0.29) is 0 Å². The molecule has 0 fully saturated rings. The predicted molar refractivity (Wildman–Crippen MR) is 84.8 cm³/mol. The van der Waals surface area contributed by atoms with Crippen molar-refractivity contribution < 1.29 is 9.47 Å². The zero-order valence-electron chi connectivity index (χ0n) is 13.6. The van der Waals surface area contributed by atoms with Crippen molar-refractivity contribution in [2.45, 2.75) is 53.5 Å². The largest absolute Gasteiger partial charge is 0.493 e. The summed E-state index contributed by atoms with van der Waals surface area (Å²) in [4.78, 5) is 0. The number of nitrogens with one attached hydrogen (secondary N) is 1. The lowest BCUT2D eigenvalue weighted by Crippen LogP contribution is -2.20. The summed E-state index contributed by atoms with van der Waals surface area (Å²) in [5.74, 6) is 1.86. The van der Waals surface area contributed by atoms with Crippen LogP contribution in [0.2, 0.25) is 0 Å². The van der Waals surface area contributed by atoms with Gasteiger partial charge in [0.2, 0.25) is 0 Å². The number of ether oxygens (including phenoxy) is 2. The number of rotatable bonds is 9. The summed E-state index contributed by atoms with van der Waals surface area (Å²) in [6.07, 6.45) is 2.41. The minimum atomic E-state index is 0.306. The Kier molecular flexibility index (Phi) is 7.45. The van der Waals surface area contributed by atoms with E-state index in [0.29, 0.717) is 19.3 Å². The number of benzene rings is 1. The van der Waals surface area contributed by atoms with Crippen LogP contribution in [0.3, 0.4) is 0 Å². The third-order valence-corrected chi connectivity index (χ3v) is 3.42. The second-order valence-electron chi connectivity index (χ2n) is 5.04. The van der Waals surface area contributed by atoms with E-state index in [9.17, 15) is 0 Å². The van der Waals surface area contributed by atoms with Gasteiger partial charge in [-0.25, -0.2) is 0 Å². The lowest BCUT2D eigenvalue weighted by molar-refractivity contribution is 0.317. The van der Waals surface area contributed by atoms with E-state index in [1.54, 1.807) is 0 Å². The molecule has 0 heterocycles. The topological polar surface area (TPSA) is 30.5 Å². The summed E-state index contributed by atoms with van der Waals surface area (Å²) in [7, 11) is 0. The van der Waals surface area contributed by atoms with Crippen molar-refractivity contribution in [1.29, 1.82) is 0 Å². The van der Waals surface area contributed by atoms with Gasteiger partial charge in [0.05, 0.1) is 13.2 Å². The molecule has 1 atom stereocenters. The van der Waals surface area contributed by atoms with E-state index >= 15 is 0 Å². The van der Waals surface area contributed by atoms with Crippen LogP contribution >= 0.6 is 0 Å². The quantitative estimate of drug-likeness (QED) is 0.686. The van der Waals surface area contributed by atoms with E-state index in [0.717, 1.165) is 23.6 Å². The maximum atomic E-state index is 5.73. The fraction of sp³-hybridized carbons (Fsp3) is 0.647. The van der Waals surface area contributed by atoms with Gasteiger partial charge in [-0.1, -0.05) is 13.3 Å². The first-order valence-electron chi connectivity index (χ1n) is 7.77. The summed E-state index contributed by atoms with van der Waals surface area (Å²) in [6.45, 7) is 12.9. The minimum Gasteiger partial charge on any atom is -0.493 e. The molecule has 1 N–H and O–H groups in total. The molecule has 0 bridgehead atoms. The van der Waals surface area contributed by atoms with Crippen molar-refractivity contribution in [2.24, 2.45) is 0 Å². The molecule has 1 unspecified atom stereocenters. The Morgan fingerprint density at radius 2 is 1.60 bits per heavy atom. The van der Waals surface area contributed by atoms with Crippen molar-refractivity contribution in [3.63, 3.8) is 0 Å². The standard InChI is InChI=1S/C17H29NO2/c1-6-9-10-18-14(5)15-11-16(19-7-2)13(4)17(12-15)20-8-3/h11-12,14,18H,6-10H2,1-5H3. The molecule has 1 rings (SSSR count). The number of unbranched alkanes of at least 4 members (excludes halogenated alkanes) is 1. The van der Waals surface area contributed by atoms with Gasteiger partial charge in [-0.05, 0) is 58.4 Å². The highest BCUT2D eigenvalue weighted by Gasteiger charge is 2.13. The highest BCUT2D eigenvalue weighted by molar-refractivity contribution is 5.48. The highest BCUT2D eigenvalue weighted by Crippen LogP contribution is 2.32. The zero-order chi connectivity index (χ0) is 15.0. The van der Waals surface area contributed by atoms with Gasteiger partial charge < -0.3 is 14.8 Å². The Hall–Kier alpha value is -1.22. The summed E-state index contributed by atoms with van der Waals surface area (Å²) in [6, 6.07) is 4.57. The smallest absolute Gasteiger partial charge is 0.126 e. The van der Waals surface area contributed by atoms with Crippen molar-refractivity contribution in [2.75, 3.05) is 19.8 Å². The Balaban J connectivity index is 2.93. The summed E-state index contributed by atoms with van der Waals surface area (Å²) < 4.78 is 11.5. The summed E-state index contributed by atoms with van der Waals surface area (Å²) >= 11 is 0. The molecular formula is C17H29NO2. The molecule has 1 aromatic rings. The molecule has 0 saturated heterocycles. The fourth-order valence-corrected chi connectivity index (χ4v) is 2.16. The number of hydrogen-bond acceptors (Lipinski definition) is 3. The van der Waals surface area contributed by atoms with Gasteiger partial charge >= 0.3 is 0 Å². The molecule has 114 valence electrons. The maximum absolute atomic E-state index is 5.73. The average molecular weight is 279 g/mol. The normalized spacial score (nSPS) is 12.2. The number of hydrogen-bond donors (Lipinski definition) is 1. The van der Waals surface area contributed by atoms with Crippen molar-refractivity contribution >= 4 is 0 Å². The monoisotopic (exact) mass is 279 g/mol. The molecule has 0 aliphatic rings. The van der Waals surface area contributed by atoms with Crippen LogP contribution < -0.4 is 14.8 Å². The molecular weight excluding hydrogens is 250 g/mol. The van der Waals surface area contributed by atoms with Crippen molar-refractivity contribution in [3.8, 4) is 11.5 Å². The molecule has 0 aliphatic carbocycles. The zero-order valence-corrected chi connectivity index (χ0v) is 13.6. The van der Waals surface area contributed by atoms with Crippen LogP contribution in [0.25, 0.3) is 0 Å². The molecule has 0 aromatic heterocycles. The van der Waals surface area contributed by atoms with Crippen LogP contribution in [0.15, 0.2) is 12.1 Å². The van der Waals surface area contributed by atoms with Gasteiger partial charge in [0.25, 0.3) is 0 Å². The molecule has 0 saturated carbocycles. The van der Waals surface area contributed by atoms with Gasteiger partial charge in [0.15, 0.2) is 0 Å². The van der Waals surface area contributed by atoms with Gasteiger partial charge in [-0.3, -0.25) is 0 Å². The Bertz CT molecular complexity index is 377. The van der Waals surface area contributed by atoms with E-state index in [1.165, 1.54) is 18.4 Å². The van der Waals surface area contributed by atoms with E-state index in [2.05, 4.69) is 38.2 Å². The molecule has 0 amide bonds. The second-order valence-corrected chi connectivity index (χ2v) is 5.04. The predicted octanol–water partition coefficient (Wildman–Crippen LogP) is 4.24. The maximum Gasteiger partial charge on any atom is 0.126 e. The average Bonchev–Trinajstić information content (AvgIpc) is 2.43. The lowest BCUT2D eigenvalue weighted by Gasteiger charge is -2.19. The summed E-state index contributed by atoms with van der Waals surface area (Å²) in [5.41, 5.74) is 2.30. The molecule has 0 spiro atoms. The lowest BCUT2D eigenvalue weighted by atomic mass is 10.0. The fourth-order valence-electron chi connectivity index (χ4n) is 2.16. The molecule has 0 aliphatic heterocycles. The summed E-state index contributed by atoms with van der Waals surface area (Å²) in [5, 5.41) is 3.55. The van der Waals surface area contributed by atoms with Crippen LogP contribution in [0.5, 0.6) is 11.5 Å². The third kappa shape index (κ3) is 4.71. The molecule has 0 radical (unpaired) electrons. The second kappa shape index (κ2) is 8.85. The van der Waals surface area contributed by atoms with E-state index < -0.39 is 0 Å². The molecule has 3 heteroatoms.